The minimum atomic E-state index is -3.76. The number of aryl methyl sites for hydroxylation is 1. The maximum Gasteiger partial charge on any atom is 0.242 e. The first-order valence-corrected chi connectivity index (χ1v) is 19.6. The van der Waals surface area contributed by atoms with E-state index in [9.17, 15) is 30.4 Å². The van der Waals surface area contributed by atoms with E-state index in [1.54, 1.807) is 31.3 Å². The number of pyridine rings is 1. The van der Waals surface area contributed by atoms with Crippen LogP contribution in [0.2, 0.25) is 5.02 Å². The molecule has 1 fully saturated rings. The molecule has 1 aliphatic carbocycles. The highest BCUT2D eigenvalue weighted by Crippen LogP contribution is 2.40. The zero-order valence-corrected chi connectivity index (χ0v) is 30.6. The van der Waals surface area contributed by atoms with Crippen LogP contribution in [0.1, 0.15) is 49.7 Å². The number of rotatable bonds is 11. The number of sulfone groups is 1. The number of nitrogens with zero attached hydrogens (tertiary/aromatic N) is 7. The normalized spacial score (nSPS) is 14.1. The Bertz CT molecular complexity index is 2470. The number of carbonyl (C=O) groups is 1. The first-order valence-electron chi connectivity index (χ1n) is 15.8. The van der Waals surface area contributed by atoms with Crippen LogP contribution in [-0.2, 0) is 44.7 Å². The van der Waals surface area contributed by atoms with Gasteiger partial charge in [-0.3, -0.25) is 14.2 Å². The minimum absolute atomic E-state index is 0.0236. The third kappa shape index (κ3) is 7.91. The van der Waals surface area contributed by atoms with Crippen molar-refractivity contribution in [3.05, 3.63) is 82.4 Å². The van der Waals surface area contributed by atoms with Crippen LogP contribution in [-0.4, -0.2) is 74.0 Å². The maximum atomic E-state index is 14.4. The van der Waals surface area contributed by atoms with Gasteiger partial charge >= 0.3 is 0 Å². The third-order valence-electron chi connectivity index (χ3n) is 8.33. The molecule has 1 amide bonds. The molecule has 52 heavy (non-hydrogen) atoms. The van der Waals surface area contributed by atoms with E-state index in [1.165, 1.54) is 29.5 Å². The third-order valence-corrected chi connectivity index (χ3v) is 12.1. The van der Waals surface area contributed by atoms with Gasteiger partial charge in [-0.05, 0) is 85.4 Å². The van der Waals surface area contributed by atoms with Crippen molar-refractivity contribution in [3.8, 4) is 23.0 Å². The van der Waals surface area contributed by atoms with Crippen LogP contribution in [0.25, 0.3) is 22.0 Å². The van der Waals surface area contributed by atoms with Gasteiger partial charge in [0.15, 0.2) is 15.7 Å². The van der Waals surface area contributed by atoms with Crippen LogP contribution in [0.4, 0.5) is 14.6 Å². The Morgan fingerprint density at radius 2 is 1.77 bits per heavy atom. The second-order valence-corrected chi connectivity index (χ2v) is 17.8. The zero-order valence-electron chi connectivity index (χ0n) is 28.2. The van der Waals surface area contributed by atoms with E-state index in [1.807, 2.05) is 0 Å². The molecular formula is C33H32ClF2N9O5S2. The van der Waals surface area contributed by atoms with Crippen LogP contribution in [0.5, 0.6) is 0 Å². The Morgan fingerprint density at radius 3 is 2.40 bits per heavy atom. The molecule has 0 spiro atoms. The van der Waals surface area contributed by atoms with Crippen molar-refractivity contribution in [2.24, 2.45) is 7.05 Å². The molecule has 0 bridgehead atoms. The van der Waals surface area contributed by atoms with Crippen LogP contribution < -0.4 is 10.0 Å². The van der Waals surface area contributed by atoms with E-state index in [4.69, 9.17) is 16.6 Å². The Labute approximate surface area is 302 Å². The average molecular weight is 772 g/mol. The number of sulfonamides is 1. The average Bonchev–Trinajstić information content (AvgIpc) is 3.71. The zero-order chi connectivity index (χ0) is 37.6. The van der Waals surface area contributed by atoms with Crippen molar-refractivity contribution in [1.29, 1.82) is 0 Å². The standard InChI is InChI=1S/C33H32ClF2N9O5S2/c1-33(2,52(49,50)23-6-7-23)12-11-22-5-8-24(25-9-10-26(34)29-31(25)44(3)40-32(29)41-51(4,47)48)30(38-22)27(15-19-13-20(35)16-21(36)14-19)39-28(46)17-45-18-37-42-43-45/h5,8-10,13-14,16,18,23,27H,6-7,15,17H2,1-4H3,(H,39,46)(H,40,41)/t27-/m0/s1. The Balaban J connectivity index is 1.55. The highest BCUT2D eigenvalue weighted by atomic mass is 35.5. The summed E-state index contributed by atoms with van der Waals surface area (Å²) >= 11 is 6.59. The van der Waals surface area contributed by atoms with Crippen molar-refractivity contribution in [1.82, 2.24) is 40.3 Å². The smallest absolute Gasteiger partial charge is 0.242 e. The number of hydrogen-bond acceptors (Lipinski definition) is 10. The number of hydrogen-bond donors (Lipinski definition) is 2. The molecule has 0 saturated heterocycles. The number of carbonyl (C=O) groups excluding carboxylic acids is 1. The molecule has 272 valence electrons. The van der Waals surface area contributed by atoms with Crippen molar-refractivity contribution >= 4 is 54.1 Å². The predicted octanol–water partition coefficient (Wildman–Crippen LogP) is 3.73. The van der Waals surface area contributed by atoms with E-state index in [2.05, 4.69) is 42.5 Å². The molecule has 19 heteroatoms. The summed E-state index contributed by atoms with van der Waals surface area (Å²) in [6.45, 7) is 2.74. The largest absolute Gasteiger partial charge is 0.346 e. The summed E-state index contributed by atoms with van der Waals surface area (Å²) < 4.78 is 83.1. The van der Waals surface area contributed by atoms with Gasteiger partial charge in [-0.2, -0.15) is 5.10 Å². The van der Waals surface area contributed by atoms with E-state index in [0.717, 1.165) is 24.5 Å². The van der Waals surface area contributed by atoms with Gasteiger partial charge < -0.3 is 5.32 Å². The van der Waals surface area contributed by atoms with E-state index < -0.39 is 53.4 Å². The number of benzene rings is 2. The molecule has 1 atom stereocenters. The van der Waals surface area contributed by atoms with Gasteiger partial charge in [0.05, 0.1) is 39.2 Å². The summed E-state index contributed by atoms with van der Waals surface area (Å²) in [5, 5.41) is 18.1. The quantitative estimate of drug-likeness (QED) is 0.188. The lowest BCUT2D eigenvalue weighted by atomic mass is 9.93. The van der Waals surface area contributed by atoms with Gasteiger partial charge in [-0.1, -0.05) is 23.6 Å². The molecule has 2 aromatic carbocycles. The fourth-order valence-corrected chi connectivity index (χ4v) is 8.30. The number of aromatic nitrogens is 7. The molecular weight excluding hydrogens is 740 g/mol. The van der Waals surface area contributed by atoms with Crippen molar-refractivity contribution in [2.75, 3.05) is 11.0 Å². The van der Waals surface area contributed by atoms with E-state index in [0.29, 0.717) is 29.5 Å². The SMILES string of the molecule is Cn1nc(NS(C)(=O)=O)c2c(Cl)ccc(-c3ccc(C#CC(C)(C)S(=O)(=O)C4CC4)nc3[C@H](Cc3cc(F)cc(F)c3)NC(=O)Cn3cnnn3)c21. The van der Waals surface area contributed by atoms with Crippen molar-refractivity contribution in [3.63, 3.8) is 0 Å². The van der Waals surface area contributed by atoms with E-state index in [-0.39, 0.29) is 46.1 Å². The molecule has 3 aromatic heterocycles. The summed E-state index contributed by atoms with van der Waals surface area (Å²) in [5.74, 6) is 3.49. The lowest BCUT2D eigenvalue weighted by Gasteiger charge is -2.23. The topological polar surface area (TPSA) is 184 Å². The summed E-state index contributed by atoms with van der Waals surface area (Å²) in [4.78, 5) is 18.3. The van der Waals surface area contributed by atoms with Gasteiger partial charge in [0.1, 0.15) is 34.9 Å². The Kier molecular flexibility index (Phi) is 9.81. The number of nitrogens with one attached hydrogen (secondary N) is 2. The van der Waals surface area contributed by atoms with Crippen LogP contribution in [0.3, 0.4) is 0 Å². The van der Waals surface area contributed by atoms with Crippen molar-refractivity contribution < 1.29 is 30.4 Å². The number of anilines is 1. The molecule has 2 N–H and O–H groups in total. The Morgan fingerprint density at radius 1 is 1.08 bits per heavy atom. The molecule has 1 aliphatic rings. The molecule has 5 aromatic rings. The molecule has 0 unspecified atom stereocenters. The fourth-order valence-electron chi connectivity index (χ4n) is 5.78. The number of amides is 1. The van der Waals surface area contributed by atoms with Gasteiger partial charge in [-0.25, -0.2) is 35.3 Å². The first-order chi connectivity index (χ1) is 24.4. The summed E-state index contributed by atoms with van der Waals surface area (Å²) in [7, 11) is -5.74. The molecule has 3 heterocycles. The molecule has 14 nitrogen and oxygen atoms in total. The molecule has 0 aliphatic heterocycles. The fraction of sp³-hybridized carbons (Fsp3) is 0.333. The monoisotopic (exact) mass is 771 g/mol. The van der Waals surface area contributed by atoms with Gasteiger partial charge in [0.25, 0.3) is 0 Å². The minimum Gasteiger partial charge on any atom is -0.346 e. The first kappa shape index (κ1) is 36.8. The lowest BCUT2D eigenvalue weighted by molar-refractivity contribution is -0.122. The van der Waals surface area contributed by atoms with Crippen LogP contribution in [0, 0.1) is 23.5 Å². The van der Waals surface area contributed by atoms with Gasteiger partial charge in [0.2, 0.25) is 15.9 Å². The van der Waals surface area contributed by atoms with Gasteiger partial charge in [-0.15, -0.1) is 5.10 Å². The second kappa shape index (κ2) is 13.9. The Hall–Kier alpha value is -4.99. The highest BCUT2D eigenvalue weighted by molar-refractivity contribution is 7.93. The predicted molar refractivity (Wildman–Crippen MR) is 189 cm³/mol. The maximum absolute atomic E-state index is 14.4. The summed E-state index contributed by atoms with van der Waals surface area (Å²) in [6.07, 6.45) is 3.20. The van der Waals surface area contributed by atoms with Crippen LogP contribution in [0.15, 0.2) is 48.8 Å². The number of fused-ring (bicyclic) bond motifs is 1. The summed E-state index contributed by atoms with van der Waals surface area (Å²) in [6, 6.07) is 8.34. The van der Waals surface area contributed by atoms with E-state index >= 15 is 0 Å². The second-order valence-electron chi connectivity index (χ2n) is 12.9. The molecule has 0 radical (unpaired) electrons. The van der Waals surface area contributed by atoms with Crippen molar-refractivity contribution in [2.45, 2.75) is 55.7 Å². The lowest BCUT2D eigenvalue weighted by Crippen LogP contribution is -2.34. The number of halogens is 3. The van der Waals surface area contributed by atoms with Crippen LogP contribution >= 0.6 is 11.6 Å². The summed E-state index contributed by atoms with van der Waals surface area (Å²) in [5.41, 5.74) is 1.78. The number of tetrazole rings is 1. The molecule has 6 rings (SSSR count). The highest BCUT2D eigenvalue weighted by Gasteiger charge is 2.45. The molecule has 1 saturated carbocycles. The van der Waals surface area contributed by atoms with Gasteiger partial charge in [0, 0.05) is 24.2 Å².